The lowest BCUT2D eigenvalue weighted by Crippen LogP contribution is -2.33. The number of hydrogen-bond donors (Lipinski definition) is 2. The van der Waals surface area contributed by atoms with Crippen molar-refractivity contribution in [3.8, 4) is 0 Å². The van der Waals surface area contributed by atoms with Crippen molar-refractivity contribution < 1.29 is 9.90 Å². The zero-order valence-electron chi connectivity index (χ0n) is 11.5. The summed E-state index contributed by atoms with van der Waals surface area (Å²) in [6.07, 6.45) is 3.24. The minimum Gasteiger partial charge on any atom is -0.391 e. The molecule has 106 valence electrons. The van der Waals surface area contributed by atoms with Crippen LogP contribution in [0.25, 0.3) is 0 Å². The summed E-state index contributed by atoms with van der Waals surface area (Å²) in [5, 5.41) is 13.0. The molecule has 1 fully saturated rings. The van der Waals surface area contributed by atoms with Crippen LogP contribution in [0.1, 0.15) is 37.3 Å². The average molecular weight is 283 g/mol. The lowest BCUT2D eigenvalue weighted by atomic mass is 10.2. The predicted molar refractivity (Wildman–Crippen MR) is 76.7 cm³/mol. The molecule has 0 saturated carbocycles. The van der Waals surface area contributed by atoms with Gasteiger partial charge >= 0.3 is 6.03 Å². The van der Waals surface area contributed by atoms with Crippen molar-refractivity contribution in [3.05, 3.63) is 10.6 Å². The van der Waals surface area contributed by atoms with Crippen molar-refractivity contribution in [2.75, 3.05) is 18.4 Å². The predicted octanol–water partition coefficient (Wildman–Crippen LogP) is 2.26. The highest BCUT2D eigenvalue weighted by molar-refractivity contribution is 7.15. The zero-order valence-corrected chi connectivity index (χ0v) is 12.3. The van der Waals surface area contributed by atoms with Gasteiger partial charge < -0.3 is 10.0 Å². The average Bonchev–Trinajstić information content (AvgIpc) is 2.96. The van der Waals surface area contributed by atoms with Gasteiger partial charge in [0.1, 0.15) is 0 Å². The summed E-state index contributed by atoms with van der Waals surface area (Å²) in [5.74, 6) is 0. The maximum atomic E-state index is 12.0. The van der Waals surface area contributed by atoms with Crippen molar-refractivity contribution in [1.82, 2.24) is 9.88 Å². The number of thiazole rings is 1. The van der Waals surface area contributed by atoms with E-state index in [-0.39, 0.29) is 12.1 Å². The Balaban J connectivity index is 2.00. The third-order valence-electron chi connectivity index (χ3n) is 3.25. The van der Waals surface area contributed by atoms with Gasteiger partial charge in [0, 0.05) is 18.0 Å². The van der Waals surface area contributed by atoms with E-state index in [9.17, 15) is 9.90 Å². The first-order valence-electron chi connectivity index (χ1n) is 6.86. The molecule has 19 heavy (non-hydrogen) atoms. The van der Waals surface area contributed by atoms with Crippen LogP contribution >= 0.6 is 11.3 Å². The Labute approximate surface area is 117 Å². The van der Waals surface area contributed by atoms with Gasteiger partial charge in [0.2, 0.25) is 0 Å². The molecule has 6 heteroatoms. The number of β-amino-alcohol motifs (C(OH)–C–C–N with tert-alkyl or cyclic N) is 1. The molecule has 2 N–H and O–H groups in total. The molecule has 2 amide bonds. The van der Waals surface area contributed by atoms with Crippen LogP contribution in [0.5, 0.6) is 0 Å². The molecule has 1 atom stereocenters. The molecule has 1 saturated heterocycles. The molecule has 0 aromatic carbocycles. The number of anilines is 1. The first-order valence-corrected chi connectivity index (χ1v) is 7.68. The summed E-state index contributed by atoms with van der Waals surface area (Å²) < 4.78 is 0. The fourth-order valence-corrected chi connectivity index (χ4v) is 3.18. The molecule has 1 aromatic rings. The molecule has 2 rings (SSSR count). The molecule has 1 aliphatic heterocycles. The van der Waals surface area contributed by atoms with Gasteiger partial charge in [0.05, 0.1) is 11.8 Å². The SMILES string of the molecule is CCCc1nc(NC(=O)N2CC[C@H](O)C2)sc1CC. The van der Waals surface area contributed by atoms with Crippen LogP contribution in [0.2, 0.25) is 0 Å². The van der Waals surface area contributed by atoms with E-state index in [2.05, 4.69) is 24.1 Å². The zero-order chi connectivity index (χ0) is 13.8. The Hall–Kier alpha value is -1.14. The van der Waals surface area contributed by atoms with Crippen molar-refractivity contribution in [2.45, 2.75) is 45.6 Å². The van der Waals surface area contributed by atoms with Crippen LogP contribution in [0.15, 0.2) is 0 Å². The molecule has 0 spiro atoms. The number of nitrogens with zero attached hydrogens (tertiary/aromatic N) is 2. The maximum absolute atomic E-state index is 12.0. The standard InChI is InChI=1S/C13H21N3O2S/c1-3-5-10-11(4-2)19-12(14-10)15-13(18)16-7-6-9(17)8-16/h9,17H,3-8H2,1-2H3,(H,14,15,18)/t9-/m0/s1. The molecule has 0 aliphatic carbocycles. The molecule has 1 aliphatic rings. The van der Waals surface area contributed by atoms with Gasteiger partial charge in [-0.15, -0.1) is 11.3 Å². The highest BCUT2D eigenvalue weighted by Gasteiger charge is 2.25. The lowest BCUT2D eigenvalue weighted by Gasteiger charge is -2.14. The van der Waals surface area contributed by atoms with Gasteiger partial charge in [0.15, 0.2) is 5.13 Å². The number of likely N-dealkylation sites (tertiary alicyclic amines) is 1. The number of aliphatic hydroxyl groups is 1. The summed E-state index contributed by atoms with van der Waals surface area (Å²) in [6.45, 7) is 5.26. The van der Waals surface area contributed by atoms with Crippen molar-refractivity contribution in [3.63, 3.8) is 0 Å². The summed E-state index contributed by atoms with van der Waals surface area (Å²) in [6, 6.07) is -0.156. The van der Waals surface area contributed by atoms with Gasteiger partial charge in [-0.05, 0) is 19.3 Å². The van der Waals surface area contributed by atoms with Gasteiger partial charge in [-0.3, -0.25) is 5.32 Å². The normalized spacial score (nSPS) is 18.9. The van der Waals surface area contributed by atoms with Crippen molar-refractivity contribution >= 4 is 22.5 Å². The molecule has 0 bridgehead atoms. The Morgan fingerprint density at radius 2 is 2.37 bits per heavy atom. The number of aromatic nitrogens is 1. The Bertz CT molecular complexity index is 447. The lowest BCUT2D eigenvalue weighted by molar-refractivity contribution is 0.176. The van der Waals surface area contributed by atoms with Crippen LogP contribution in [0.3, 0.4) is 0 Å². The second kappa shape index (κ2) is 6.34. The number of carbonyl (C=O) groups excluding carboxylic acids is 1. The third kappa shape index (κ3) is 3.45. The molecular formula is C13H21N3O2S. The van der Waals surface area contributed by atoms with Crippen molar-refractivity contribution in [2.24, 2.45) is 0 Å². The number of hydrogen-bond acceptors (Lipinski definition) is 4. The number of aryl methyl sites for hydroxylation is 2. The van der Waals surface area contributed by atoms with E-state index in [0.29, 0.717) is 24.6 Å². The van der Waals surface area contributed by atoms with Crippen LogP contribution in [0.4, 0.5) is 9.93 Å². The van der Waals surface area contributed by atoms with E-state index >= 15 is 0 Å². The fraction of sp³-hybridized carbons (Fsp3) is 0.692. The molecule has 5 nitrogen and oxygen atoms in total. The van der Waals surface area contributed by atoms with Gasteiger partial charge in [-0.25, -0.2) is 9.78 Å². The van der Waals surface area contributed by atoms with E-state index < -0.39 is 0 Å². The third-order valence-corrected chi connectivity index (χ3v) is 4.41. The molecule has 0 unspecified atom stereocenters. The summed E-state index contributed by atoms with van der Waals surface area (Å²) in [7, 11) is 0. The van der Waals surface area contributed by atoms with Gasteiger partial charge in [0.25, 0.3) is 0 Å². The van der Waals surface area contributed by atoms with Crippen LogP contribution < -0.4 is 5.32 Å². The molecule has 0 radical (unpaired) electrons. The quantitative estimate of drug-likeness (QED) is 0.890. The first kappa shape index (κ1) is 14.3. The van der Waals surface area contributed by atoms with E-state index in [4.69, 9.17) is 0 Å². The van der Waals surface area contributed by atoms with Crippen molar-refractivity contribution in [1.29, 1.82) is 0 Å². The summed E-state index contributed by atoms with van der Waals surface area (Å²) in [4.78, 5) is 19.4. The Kier molecular flexibility index (Phi) is 4.76. The Morgan fingerprint density at radius 1 is 1.58 bits per heavy atom. The van der Waals surface area contributed by atoms with Gasteiger partial charge in [-0.2, -0.15) is 0 Å². The number of urea groups is 1. The largest absolute Gasteiger partial charge is 0.391 e. The number of amides is 2. The smallest absolute Gasteiger partial charge is 0.323 e. The minimum absolute atomic E-state index is 0.156. The molecule has 1 aromatic heterocycles. The van der Waals surface area contributed by atoms with E-state index in [1.807, 2.05) is 0 Å². The second-order valence-corrected chi connectivity index (χ2v) is 5.89. The van der Waals surface area contributed by atoms with Crippen LogP contribution in [-0.4, -0.2) is 40.2 Å². The van der Waals surface area contributed by atoms with Crippen LogP contribution in [0, 0.1) is 0 Å². The highest BCUT2D eigenvalue weighted by Crippen LogP contribution is 2.25. The van der Waals surface area contributed by atoms with Crippen LogP contribution in [-0.2, 0) is 12.8 Å². The highest BCUT2D eigenvalue weighted by atomic mass is 32.1. The summed E-state index contributed by atoms with van der Waals surface area (Å²) >= 11 is 1.56. The number of nitrogens with one attached hydrogen (secondary N) is 1. The Morgan fingerprint density at radius 3 is 2.95 bits per heavy atom. The van der Waals surface area contributed by atoms with E-state index in [1.165, 1.54) is 4.88 Å². The summed E-state index contributed by atoms with van der Waals surface area (Å²) in [5.41, 5.74) is 1.10. The number of rotatable bonds is 4. The second-order valence-electron chi connectivity index (χ2n) is 4.81. The fourth-order valence-electron chi connectivity index (χ4n) is 2.24. The molecular weight excluding hydrogens is 262 g/mol. The number of aliphatic hydroxyl groups excluding tert-OH is 1. The maximum Gasteiger partial charge on any atom is 0.323 e. The van der Waals surface area contributed by atoms with Gasteiger partial charge in [-0.1, -0.05) is 20.3 Å². The minimum atomic E-state index is -0.385. The number of carbonyl (C=O) groups is 1. The monoisotopic (exact) mass is 283 g/mol. The topological polar surface area (TPSA) is 65.5 Å². The molecule has 2 heterocycles. The first-order chi connectivity index (χ1) is 9.13. The van der Waals surface area contributed by atoms with E-state index in [1.54, 1.807) is 16.2 Å². The van der Waals surface area contributed by atoms with E-state index in [0.717, 1.165) is 25.0 Å².